The number of carbonyl (C=O) groups excluding carboxylic acids is 2. The Morgan fingerprint density at radius 1 is 1.25 bits per heavy atom. The predicted octanol–water partition coefficient (Wildman–Crippen LogP) is 3.95. The van der Waals surface area contributed by atoms with Crippen LogP contribution in [0.1, 0.15) is 54.4 Å². The summed E-state index contributed by atoms with van der Waals surface area (Å²) in [6.07, 6.45) is 3.26. The van der Waals surface area contributed by atoms with Crippen molar-refractivity contribution >= 4 is 39.1 Å². The van der Waals surface area contributed by atoms with Crippen molar-refractivity contribution in [1.29, 1.82) is 0 Å². The van der Waals surface area contributed by atoms with Gasteiger partial charge in [-0.1, -0.05) is 19.1 Å². The summed E-state index contributed by atoms with van der Waals surface area (Å²) in [4.78, 5) is 45.0. The average Bonchev–Trinajstić information content (AvgIpc) is 3.15. The van der Waals surface area contributed by atoms with E-state index in [0.717, 1.165) is 29.7 Å². The normalized spacial score (nSPS) is 15.4. The number of thiophene rings is 1. The number of nitrogens with zero attached hydrogens (tertiary/aromatic N) is 2. The number of amides is 1. The fourth-order valence-electron chi connectivity index (χ4n) is 4.25. The molecule has 3 aromatic rings. The highest BCUT2D eigenvalue weighted by Crippen LogP contribution is 2.41. The van der Waals surface area contributed by atoms with Gasteiger partial charge >= 0.3 is 5.97 Å². The van der Waals surface area contributed by atoms with Gasteiger partial charge in [-0.3, -0.25) is 19.0 Å². The molecule has 1 aliphatic carbocycles. The van der Waals surface area contributed by atoms with Crippen LogP contribution < -0.4 is 10.9 Å². The minimum Gasteiger partial charge on any atom is -0.466 e. The Balaban J connectivity index is 1.68. The lowest BCUT2D eigenvalue weighted by Gasteiger charge is -2.21. The zero-order valence-electron chi connectivity index (χ0n) is 18.6. The number of carbonyl (C=O) groups is 2. The molecule has 0 saturated heterocycles. The summed E-state index contributed by atoms with van der Waals surface area (Å²) in [6, 6.07) is 7.64. The molecular formula is C24H27N3O4S. The molecular weight excluding hydrogens is 426 g/mol. The third-order valence-electron chi connectivity index (χ3n) is 5.88. The second-order valence-electron chi connectivity index (χ2n) is 7.96. The van der Waals surface area contributed by atoms with Gasteiger partial charge in [0.2, 0.25) is 5.91 Å². The van der Waals surface area contributed by atoms with Crippen molar-refractivity contribution in [3.8, 4) is 0 Å². The van der Waals surface area contributed by atoms with Crippen molar-refractivity contribution in [3.05, 3.63) is 56.4 Å². The monoisotopic (exact) mass is 453 g/mol. The highest BCUT2D eigenvalue weighted by Gasteiger charge is 2.33. The van der Waals surface area contributed by atoms with Gasteiger partial charge in [0.05, 0.1) is 17.9 Å². The van der Waals surface area contributed by atoms with E-state index in [-0.39, 0.29) is 24.0 Å². The Kier molecular flexibility index (Phi) is 6.41. The molecule has 1 aliphatic rings. The molecule has 1 atom stereocenters. The molecule has 0 saturated carbocycles. The highest BCUT2D eigenvalue weighted by molar-refractivity contribution is 7.18. The third-order valence-corrected chi connectivity index (χ3v) is 7.04. The molecule has 2 aromatic heterocycles. The largest absolute Gasteiger partial charge is 0.466 e. The molecule has 168 valence electrons. The smallest absolute Gasteiger partial charge is 0.313 e. The van der Waals surface area contributed by atoms with Crippen LogP contribution in [0.3, 0.4) is 0 Å². The molecule has 4 rings (SSSR count). The Morgan fingerprint density at radius 3 is 2.69 bits per heavy atom. The van der Waals surface area contributed by atoms with E-state index in [0.29, 0.717) is 34.8 Å². The first-order valence-corrected chi connectivity index (χ1v) is 11.8. The Bertz CT molecular complexity index is 1230. The summed E-state index contributed by atoms with van der Waals surface area (Å²) in [5.74, 6) is -0.575. The molecule has 8 heteroatoms. The van der Waals surface area contributed by atoms with E-state index in [2.05, 4.69) is 17.2 Å². The Hall–Kier alpha value is -3.00. The number of benzene rings is 1. The van der Waals surface area contributed by atoms with Crippen molar-refractivity contribution in [1.82, 2.24) is 9.55 Å². The Labute approximate surface area is 190 Å². The highest BCUT2D eigenvalue weighted by atomic mass is 32.1. The van der Waals surface area contributed by atoms with Crippen molar-refractivity contribution in [2.75, 3.05) is 11.9 Å². The number of ether oxygens (including phenoxy) is 1. The lowest BCUT2D eigenvalue weighted by Crippen LogP contribution is -2.31. The fourth-order valence-corrected chi connectivity index (χ4v) is 5.56. The number of fused-ring (bicyclic) bond motifs is 3. The maximum Gasteiger partial charge on any atom is 0.313 e. The van der Waals surface area contributed by atoms with Gasteiger partial charge in [-0.05, 0) is 62.8 Å². The number of hydrogen-bond donors (Lipinski definition) is 1. The van der Waals surface area contributed by atoms with E-state index in [9.17, 15) is 14.4 Å². The summed E-state index contributed by atoms with van der Waals surface area (Å²) in [5.41, 5.74) is 2.33. The zero-order chi connectivity index (χ0) is 22.8. The van der Waals surface area contributed by atoms with Crippen LogP contribution in [0, 0.1) is 6.92 Å². The molecule has 1 amide bonds. The van der Waals surface area contributed by atoms with E-state index >= 15 is 0 Å². The molecule has 0 aliphatic heterocycles. The first-order valence-electron chi connectivity index (χ1n) is 11.0. The van der Waals surface area contributed by atoms with Crippen LogP contribution >= 0.6 is 11.3 Å². The second kappa shape index (κ2) is 9.24. The fraction of sp³-hybridized carbons (Fsp3) is 0.417. The zero-order valence-corrected chi connectivity index (χ0v) is 19.4. The minimum absolute atomic E-state index is 0.141. The van der Waals surface area contributed by atoms with Crippen LogP contribution in [0.2, 0.25) is 0 Å². The summed E-state index contributed by atoms with van der Waals surface area (Å²) in [7, 11) is 0. The quantitative estimate of drug-likeness (QED) is 0.571. The number of anilines is 1. The van der Waals surface area contributed by atoms with Crippen LogP contribution in [0.4, 0.5) is 5.69 Å². The summed E-state index contributed by atoms with van der Waals surface area (Å²) >= 11 is 1.47. The lowest BCUT2D eigenvalue weighted by atomic mass is 9.86. The molecule has 2 heterocycles. The van der Waals surface area contributed by atoms with Crippen molar-refractivity contribution in [3.63, 3.8) is 0 Å². The lowest BCUT2D eigenvalue weighted by molar-refractivity contribution is -0.145. The first-order chi connectivity index (χ1) is 15.4. The number of hydrogen-bond acceptors (Lipinski definition) is 6. The van der Waals surface area contributed by atoms with Crippen LogP contribution in [0.5, 0.6) is 0 Å². The second-order valence-corrected chi connectivity index (χ2v) is 9.05. The van der Waals surface area contributed by atoms with E-state index in [1.807, 2.05) is 24.3 Å². The summed E-state index contributed by atoms with van der Waals surface area (Å²) in [6.45, 7) is 5.73. The van der Waals surface area contributed by atoms with Crippen molar-refractivity contribution in [2.24, 2.45) is 0 Å². The van der Waals surface area contributed by atoms with Gasteiger partial charge in [0.15, 0.2) is 0 Å². The maximum atomic E-state index is 13.5. The molecule has 1 aromatic carbocycles. The van der Waals surface area contributed by atoms with Crippen LogP contribution in [-0.4, -0.2) is 28.0 Å². The Morgan fingerprint density at radius 2 is 2.00 bits per heavy atom. The molecule has 0 bridgehead atoms. The number of esters is 1. The number of rotatable bonds is 6. The van der Waals surface area contributed by atoms with Gasteiger partial charge in [0, 0.05) is 10.6 Å². The molecule has 1 unspecified atom stereocenters. The topological polar surface area (TPSA) is 90.3 Å². The third kappa shape index (κ3) is 4.19. The van der Waals surface area contributed by atoms with Crippen LogP contribution in [0.15, 0.2) is 29.1 Å². The van der Waals surface area contributed by atoms with Gasteiger partial charge in [-0.25, -0.2) is 4.98 Å². The van der Waals surface area contributed by atoms with Crippen molar-refractivity contribution in [2.45, 2.75) is 58.9 Å². The standard InChI is InChI=1S/C24H27N3O4S/c1-4-15-9-11-16(12-10-15)26-19(28)13-27-14(3)25-22-21(23(27)29)20-17(24(30)31-5-2)7-6-8-18(20)32-22/h9-12,17H,4-8,13H2,1-3H3,(H,26,28). The van der Waals surface area contributed by atoms with E-state index in [1.165, 1.54) is 21.5 Å². The van der Waals surface area contributed by atoms with E-state index < -0.39 is 5.92 Å². The summed E-state index contributed by atoms with van der Waals surface area (Å²) in [5, 5.41) is 3.30. The van der Waals surface area contributed by atoms with Gasteiger partial charge in [-0.15, -0.1) is 11.3 Å². The molecule has 32 heavy (non-hydrogen) atoms. The SMILES string of the molecule is CCOC(=O)C1CCCc2sc3nc(C)n(CC(=O)Nc4ccc(CC)cc4)c(=O)c3c21. The number of nitrogens with one attached hydrogen (secondary N) is 1. The van der Waals surface area contributed by atoms with Gasteiger partial charge in [0.25, 0.3) is 5.56 Å². The predicted molar refractivity (Wildman–Crippen MR) is 125 cm³/mol. The van der Waals surface area contributed by atoms with E-state index in [4.69, 9.17) is 4.74 Å². The van der Waals surface area contributed by atoms with Gasteiger partial charge < -0.3 is 10.1 Å². The maximum absolute atomic E-state index is 13.5. The van der Waals surface area contributed by atoms with Gasteiger partial charge in [-0.2, -0.15) is 0 Å². The molecule has 1 N–H and O–H groups in total. The first kappa shape index (κ1) is 22.2. The molecule has 0 radical (unpaired) electrons. The van der Waals surface area contributed by atoms with Crippen LogP contribution in [-0.2, 0) is 33.7 Å². The molecule has 0 fully saturated rings. The summed E-state index contributed by atoms with van der Waals surface area (Å²) < 4.78 is 6.66. The van der Waals surface area contributed by atoms with Gasteiger partial charge in [0.1, 0.15) is 17.2 Å². The van der Waals surface area contributed by atoms with Crippen LogP contribution in [0.25, 0.3) is 10.2 Å². The van der Waals surface area contributed by atoms with Crippen molar-refractivity contribution < 1.29 is 14.3 Å². The average molecular weight is 454 g/mol. The van der Waals surface area contributed by atoms with E-state index in [1.54, 1.807) is 13.8 Å². The minimum atomic E-state index is -0.455. The molecule has 0 spiro atoms. The molecule has 7 nitrogen and oxygen atoms in total. The number of aryl methyl sites for hydroxylation is 3. The number of aromatic nitrogens is 2.